The molecule has 1 aliphatic rings. The quantitative estimate of drug-likeness (QED) is 0.541. The second-order valence-electron chi connectivity index (χ2n) is 9.99. The SMILES string of the molecule is CC(C)CCO[C@H]1[C@H](C)OC(=O)[C@@H](NC(=O)OC(C)(C)C)COC[C@@H]1OCCC(C)C. The van der Waals surface area contributed by atoms with Crippen LogP contribution in [-0.4, -0.2) is 68.4 Å². The molecule has 1 heterocycles. The normalized spacial score (nSPS) is 25.5. The lowest BCUT2D eigenvalue weighted by Crippen LogP contribution is -2.48. The highest BCUT2D eigenvalue weighted by Crippen LogP contribution is 2.18. The molecule has 0 aliphatic carbocycles. The van der Waals surface area contributed by atoms with E-state index >= 15 is 0 Å². The van der Waals surface area contributed by atoms with Crippen molar-refractivity contribution in [2.45, 2.75) is 98.2 Å². The van der Waals surface area contributed by atoms with Gasteiger partial charge in [0.1, 0.15) is 23.9 Å². The molecular weight excluding hydrogens is 402 g/mol. The first-order valence-electron chi connectivity index (χ1n) is 11.4. The summed E-state index contributed by atoms with van der Waals surface area (Å²) >= 11 is 0. The molecule has 1 N–H and O–H groups in total. The molecule has 8 nitrogen and oxygen atoms in total. The third-order valence-corrected chi connectivity index (χ3v) is 4.71. The molecule has 0 spiro atoms. The second-order valence-corrected chi connectivity index (χ2v) is 9.99. The molecule has 0 aromatic rings. The Morgan fingerprint density at radius 1 is 1.06 bits per heavy atom. The van der Waals surface area contributed by atoms with Crippen molar-refractivity contribution in [2.75, 3.05) is 26.4 Å². The molecule has 1 rings (SSSR count). The van der Waals surface area contributed by atoms with Crippen LogP contribution in [0.2, 0.25) is 0 Å². The summed E-state index contributed by atoms with van der Waals surface area (Å²) in [6, 6.07) is -0.969. The van der Waals surface area contributed by atoms with Crippen molar-refractivity contribution in [2.24, 2.45) is 11.8 Å². The molecule has 182 valence electrons. The number of carbonyl (C=O) groups excluding carboxylic acids is 2. The van der Waals surface area contributed by atoms with Crippen molar-refractivity contribution in [1.29, 1.82) is 0 Å². The van der Waals surface area contributed by atoms with Crippen LogP contribution in [0.5, 0.6) is 0 Å². The van der Waals surface area contributed by atoms with Crippen LogP contribution in [0, 0.1) is 11.8 Å². The molecule has 1 saturated heterocycles. The smallest absolute Gasteiger partial charge is 0.408 e. The first-order chi connectivity index (χ1) is 14.4. The summed E-state index contributed by atoms with van der Waals surface area (Å²) in [6.07, 6.45) is -0.303. The number of cyclic esters (lactones) is 1. The van der Waals surface area contributed by atoms with E-state index < -0.39 is 35.9 Å². The summed E-state index contributed by atoms with van der Waals surface area (Å²) < 4.78 is 28.9. The van der Waals surface area contributed by atoms with Crippen LogP contribution in [0.4, 0.5) is 4.79 Å². The van der Waals surface area contributed by atoms with Gasteiger partial charge >= 0.3 is 12.1 Å². The van der Waals surface area contributed by atoms with Crippen LogP contribution in [-0.2, 0) is 28.5 Å². The summed E-state index contributed by atoms with van der Waals surface area (Å²) in [5.74, 6) is 0.419. The first-order valence-corrected chi connectivity index (χ1v) is 11.4. The molecule has 1 fully saturated rings. The molecule has 0 radical (unpaired) electrons. The number of rotatable bonds is 9. The molecule has 0 aromatic heterocycles. The van der Waals surface area contributed by atoms with Crippen molar-refractivity contribution in [3.63, 3.8) is 0 Å². The largest absolute Gasteiger partial charge is 0.458 e. The molecule has 0 bridgehead atoms. The minimum Gasteiger partial charge on any atom is -0.458 e. The summed E-state index contributed by atoms with van der Waals surface area (Å²) in [4.78, 5) is 24.8. The van der Waals surface area contributed by atoms with Crippen molar-refractivity contribution in [3.8, 4) is 0 Å². The molecule has 1 amide bonds. The standard InChI is InChI=1S/C23H43NO7/c1-15(2)9-11-28-19-14-27-13-18(24-22(26)31-23(6,7)8)21(25)30-17(5)20(19)29-12-10-16(3)4/h15-20H,9-14H2,1-8H3,(H,24,26)/t17-,18-,19-,20-/m0/s1. The van der Waals surface area contributed by atoms with E-state index in [2.05, 4.69) is 33.0 Å². The van der Waals surface area contributed by atoms with E-state index in [1.807, 2.05) is 0 Å². The molecular formula is C23H43NO7. The van der Waals surface area contributed by atoms with Gasteiger partial charge in [-0.3, -0.25) is 0 Å². The number of amides is 1. The predicted molar refractivity (Wildman–Crippen MR) is 118 cm³/mol. The number of hydrogen-bond acceptors (Lipinski definition) is 7. The number of hydrogen-bond donors (Lipinski definition) is 1. The number of carbonyl (C=O) groups is 2. The van der Waals surface area contributed by atoms with Crippen LogP contribution < -0.4 is 5.32 Å². The number of esters is 1. The maximum Gasteiger partial charge on any atom is 0.408 e. The molecule has 1 aliphatic heterocycles. The van der Waals surface area contributed by atoms with Crippen LogP contribution in [0.1, 0.15) is 68.2 Å². The minimum atomic E-state index is -0.969. The Kier molecular flexibility index (Phi) is 11.8. The Morgan fingerprint density at radius 2 is 1.65 bits per heavy atom. The van der Waals surface area contributed by atoms with Crippen LogP contribution in [0.15, 0.2) is 0 Å². The Morgan fingerprint density at radius 3 is 2.19 bits per heavy atom. The molecule has 8 heteroatoms. The van der Waals surface area contributed by atoms with Gasteiger partial charge in [-0.2, -0.15) is 0 Å². The fourth-order valence-electron chi connectivity index (χ4n) is 2.93. The molecule has 0 aromatic carbocycles. The highest BCUT2D eigenvalue weighted by molar-refractivity contribution is 5.81. The van der Waals surface area contributed by atoms with E-state index in [9.17, 15) is 9.59 Å². The van der Waals surface area contributed by atoms with Crippen molar-refractivity contribution in [1.82, 2.24) is 5.32 Å². The lowest BCUT2D eigenvalue weighted by atomic mass is 10.1. The summed E-state index contributed by atoms with van der Waals surface area (Å²) in [5, 5.41) is 2.54. The third-order valence-electron chi connectivity index (χ3n) is 4.71. The van der Waals surface area contributed by atoms with Crippen LogP contribution in [0.25, 0.3) is 0 Å². The molecule has 31 heavy (non-hydrogen) atoms. The maximum atomic E-state index is 12.7. The number of ether oxygens (including phenoxy) is 5. The number of nitrogens with one attached hydrogen (secondary N) is 1. The third kappa shape index (κ3) is 11.7. The van der Waals surface area contributed by atoms with Gasteiger partial charge in [0.05, 0.1) is 13.2 Å². The summed E-state index contributed by atoms with van der Waals surface area (Å²) in [7, 11) is 0. The van der Waals surface area contributed by atoms with Gasteiger partial charge in [0.15, 0.2) is 6.04 Å². The Balaban J connectivity index is 2.87. The Hall–Kier alpha value is -1.38. The van der Waals surface area contributed by atoms with Crippen LogP contribution >= 0.6 is 0 Å². The van der Waals surface area contributed by atoms with Gasteiger partial charge in [0, 0.05) is 13.2 Å². The van der Waals surface area contributed by atoms with Gasteiger partial charge in [-0.25, -0.2) is 9.59 Å². The highest BCUT2D eigenvalue weighted by Gasteiger charge is 2.36. The van der Waals surface area contributed by atoms with E-state index in [1.54, 1.807) is 27.7 Å². The fraction of sp³-hybridized carbons (Fsp3) is 0.913. The average molecular weight is 446 g/mol. The van der Waals surface area contributed by atoms with Gasteiger partial charge in [-0.15, -0.1) is 0 Å². The molecule has 0 saturated carbocycles. The monoisotopic (exact) mass is 445 g/mol. The minimum absolute atomic E-state index is 0.0342. The fourth-order valence-corrected chi connectivity index (χ4v) is 2.93. The van der Waals surface area contributed by atoms with Crippen molar-refractivity contribution >= 4 is 12.1 Å². The van der Waals surface area contributed by atoms with E-state index in [-0.39, 0.29) is 19.3 Å². The topological polar surface area (TPSA) is 92.3 Å². The lowest BCUT2D eigenvalue weighted by Gasteiger charge is -2.31. The zero-order chi connectivity index (χ0) is 23.6. The van der Waals surface area contributed by atoms with Crippen molar-refractivity contribution < 1.29 is 33.3 Å². The lowest BCUT2D eigenvalue weighted by molar-refractivity contribution is -0.168. The molecule has 4 atom stereocenters. The van der Waals surface area contributed by atoms with Gasteiger partial charge in [-0.05, 0) is 52.4 Å². The van der Waals surface area contributed by atoms with Crippen molar-refractivity contribution in [3.05, 3.63) is 0 Å². The Labute approximate surface area is 187 Å². The zero-order valence-electron chi connectivity index (χ0n) is 20.6. The molecule has 0 unspecified atom stereocenters. The predicted octanol–water partition coefficient (Wildman–Crippen LogP) is 3.70. The summed E-state index contributed by atoms with van der Waals surface area (Å²) in [6.45, 7) is 16.9. The second kappa shape index (κ2) is 13.2. The van der Waals surface area contributed by atoms with E-state index in [1.165, 1.54) is 0 Å². The van der Waals surface area contributed by atoms with E-state index in [0.29, 0.717) is 25.0 Å². The van der Waals surface area contributed by atoms with Crippen LogP contribution in [0.3, 0.4) is 0 Å². The summed E-state index contributed by atoms with van der Waals surface area (Å²) in [5.41, 5.74) is -0.675. The van der Waals surface area contributed by atoms with E-state index in [0.717, 1.165) is 12.8 Å². The van der Waals surface area contributed by atoms with Gasteiger partial charge in [0.2, 0.25) is 0 Å². The first kappa shape index (κ1) is 27.7. The van der Waals surface area contributed by atoms with Gasteiger partial charge in [-0.1, -0.05) is 27.7 Å². The highest BCUT2D eigenvalue weighted by atomic mass is 16.6. The average Bonchev–Trinajstić information content (AvgIpc) is 2.65. The number of alkyl carbamates (subject to hydrolysis) is 1. The Bertz CT molecular complexity index is 545. The zero-order valence-corrected chi connectivity index (χ0v) is 20.6. The van der Waals surface area contributed by atoms with E-state index in [4.69, 9.17) is 23.7 Å². The van der Waals surface area contributed by atoms with Gasteiger partial charge < -0.3 is 29.0 Å². The van der Waals surface area contributed by atoms with Gasteiger partial charge in [0.25, 0.3) is 0 Å². The maximum absolute atomic E-state index is 12.7.